The molecule has 6 nitrogen and oxygen atoms in total. The quantitative estimate of drug-likeness (QED) is 0.760. The fourth-order valence-electron chi connectivity index (χ4n) is 2.69. The Hall–Kier alpha value is -2.26. The van der Waals surface area contributed by atoms with Crippen molar-refractivity contribution < 1.29 is 4.79 Å². The van der Waals surface area contributed by atoms with Gasteiger partial charge in [0, 0.05) is 37.3 Å². The lowest BCUT2D eigenvalue weighted by atomic mass is 10.1. The van der Waals surface area contributed by atoms with Gasteiger partial charge in [-0.05, 0) is 32.3 Å². The number of amides is 1. The van der Waals surface area contributed by atoms with Crippen LogP contribution in [-0.4, -0.2) is 41.4 Å². The standard InChI is InChI=1S/C16H23N5O/c1-11(8-17)12(2)9-21-13(3)19-15(22)7-16(21)20-6-4-5-14(18)10-20/h7,14H,3-6,9-10,18H2,1-2H3,(H,19,22)/b12-11-/t14-/m1/s1. The van der Waals surface area contributed by atoms with E-state index in [1.165, 1.54) is 0 Å². The molecule has 0 aromatic carbocycles. The van der Waals surface area contributed by atoms with Gasteiger partial charge in [0.2, 0.25) is 0 Å². The van der Waals surface area contributed by atoms with Crippen LogP contribution in [0.25, 0.3) is 0 Å². The molecule has 0 aromatic heterocycles. The van der Waals surface area contributed by atoms with E-state index >= 15 is 0 Å². The first-order valence-corrected chi connectivity index (χ1v) is 7.48. The van der Waals surface area contributed by atoms with Gasteiger partial charge in [-0.2, -0.15) is 5.26 Å². The number of carbonyl (C=O) groups excluding carboxylic acids is 1. The molecular formula is C16H23N5O. The number of rotatable bonds is 3. The molecule has 2 heterocycles. The fraction of sp³-hybridized carbons (Fsp3) is 0.500. The normalized spacial score (nSPS) is 23.5. The Morgan fingerprint density at radius 3 is 2.95 bits per heavy atom. The Morgan fingerprint density at radius 2 is 2.32 bits per heavy atom. The Labute approximate surface area is 131 Å². The second-order valence-corrected chi connectivity index (χ2v) is 5.89. The van der Waals surface area contributed by atoms with E-state index in [2.05, 4.69) is 22.9 Å². The summed E-state index contributed by atoms with van der Waals surface area (Å²) in [5.74, 6) is 1.18. The third kappa shape index (κ3) is 3.49. The van der Waals surface area contributed by atoms with Crippen molar-refractivity contribution in [1.82, 2.24) is 15.1 Å². The van der Waals surface area contributed by atoms with Crippen molar-refractivity contribution >= 4 is 5.91 Å². The smallest absolute Gasteiger partial charge is 0.253 e. The van der Waals surface area contributed by atoms with Crippen molar-refractivity contribution in [2.24, 2.45) is 5.73 Å². The lowest BCUT2D eigenvalue weighted by molar-refractivity contribution is -0.117. The molecule has 118 valence electrons. The van der Waals surface area contributed by atoms with Crippen LogP contribution < -0.4 is 11.1 Å². The molecule has 3 N–H and O–H groups in total. The van der Waals surface area contributed by atoms with Gasteiger partial charge >= 0.3 is 0 Å². The average molecular weight is 301 g/mol. The maximum Gasteiger partial charge on any atom is 0.253 e. The molecule has 1 amide bonds. The first-order valence-electron chi connectivity index (χ1n) is 7.48. The predicted molar refractivity (Wildman–Crippen MR) is 84.8 cm³/mol. The summed E-state index contributed by atoms with van der Waals surface area (Å²) in [6, 6.07) is 2.28. The number of piperidine rings is 1. The molecule has 0 aromatic rings. The molecule has 2 aliphatic rings. The lowest BCUT2D eigenvalue weighted by Crippen LogP contribution is -2.50. The number of nitrogens with one attached hydrogen (secondary N) is 1. The highest BCUT2D eigenvalue weighted by atomic mass is 16.1. The minimum Gasteiger partial charge on any atom is -0.356 e. The van der Waals surface area contributed by atoms with Crippen LogP contribution in [0.5, 0.6) is 0 Å². The Bertz CT molecular complexity index is 584. The number of likely N-dealkylation sites (tertiary alicyclic amines) is 1. The van der Waals surface area contributed by atoms with E-state index in [1.54, 1.807) is 13.0 Å². The summed E-state index contributed by atoms with van der Waals surface area (Å²) in [5, 5.41) is 11.8. The predicted octanol–water partition coefficient (Wildman–Crippen LogP) is 1.01. The van der Waals surface area contributed by atoms with Crippen LogP contribution in [0.3, 0.4) is 0 Å². The molecule has 1 saturated heterocycles. The Balaban J connectivity index is 2.28. The number of carbonyl (C=O) groups is 1. The summed E-state index contributed by atoms with van der Waals surface area (Å²) in [6.07, 6.45) is 3.59. The van der Waals surface area contributed by atoms with Crippen molar-refractivity contribution in [2.45, 2.75) is 32.7 Å². The molecule has 0 radical (unpaired) electrons. The number of hydrogen-bond acceptors (Lipinski definition) is 5. The van der Waals surface area contributed by atoms with E-state index in [0.29, 0.717) is 17.9 Å². The van der Waals surface area contributed by atoms with Crippen molar-refractivity contribution in [3.8, 4) is 6.07 Å². The molecular weight excluding hydrogens is 278 g/mol. The summed E-state index contributed by atoms with van der Waals surface area (Å²) < 4.78 is 0. The van der Waals surface area contributed by atoms with Gasteiger partial charge in [-0.1, -0.05) is 6.58 Å². The van der Waals surface area contributed by atoms with Gasteiger partial charge in [0.15, 0.2) is 0 Å². The van der Waals surface area contributed by atoms with Crippen LogP contribution in [0.4, 0.5) is 0 Å². The minimum atomic E-state index is -0.172. The van der Waals surface area contributed by atoms with Crippen LogP contribution in [0.2, 0.25) is 0 Å². The lowest BCUT2D eigenvalue weighted by Gasteiger charge is -2.42. The van der Waals surface area contributed by atoms with E-state index < -0.39 is 0 Å². The number of nitrogens with zero attached hydrogens (tertiary/aromatic N) is 3. The third-order valence-corrected chi connectivity index (χ3v) is 4.12. The molecule has 2 rings (SSSR count). The molecule has 1 fully saturated rings. The fourth-order valence-corrected chi connectivity index (χ4v) is 2.69. The molecule has 0 unspecified atom stereocenters. The third-order valence-electron chi connectivity index (χ3n) is 4.12. The van der Waals surface area contributed by atoms with Crippen molar-refractivity contribution in [2.75, 3.05) is 19.6 Å². The summed E-state index contributed by atoms with van der Waals surface area (Å²) in [7, 11) is 0. The van der Waals surface area contributed by atoms with Crippen LogP contribution >= 0.6 is 0 Å². The SMILES string of the molecule is C=C1NC(=O)C=C(N2CCC[C@@H](N)C2)N1C/C(C)=C(/C)C#N. The summed E-state index contributed by atoms with van der Waals surface area (Å²) in [5.41, 5.74) is 7.69. The highest BCUT2D eigenvalue weighted by Gasteiger charge is 2.28. The van der Waals surface area contributed by atoms with E-state index in [1.807, 2.05) is 11.8 Å². The number of nitriles is 1. The van der Waals surface area contributed by atoms with Crippen LogP contribution in [0.15, 0.2) is 35.4 Å². The molecule has 0 aliphatic carbocycles. The molecule has 0 bridgehead atoms. The highest BCUT2D eigenvalue weighted by Crippen LogP contribution is 2.24. The second kappa shape index (κ2) is 6.67. The summed E-state index contributed by atoms with van der Waals surface area (Å²) in [4.78, 5) is 15.9. The topological polar surface area (TPSA) is 85.4 Å². The number of nitrogens with two attached hydrogens (primary N) is 1. The molecule has 0 spiro atoms. The van der Waals surface area contributed by atoms with Gasteiger partial charge in [-0.3, -0.25) is 4.79 Å². The molecule has 2 aliphatic heterocycles. The van der Waals surface area contributed by atoms with E-state index in [0.717, 1.165) is 37.3 Å². The maximum absolute atomic E-state index is 11.8. The highest BCUT2D eigenvalue weighted by molar-refractivity contribution is 5.90. The first kappa shape index (κ1) is 16.1. The Kier molecular flexibility index (Phi) is 4.88. The zero-order valence-electron chi connectivity index (χ0n) is 13.2. The molecule has 0 saturated carbocycles. The van der Waals surface area contributed by atoms with Crippen LogP contribution in [0, 0.1) is 11.3 Å². The van der Waals surface area contributed by atoms with Gasteiger partial charge in [-0.15, -0.1) is 0 Å². The van der Waals surface area contributed by atoms with Crippen molar-refractivity contribution in [3.63, 3.8) is 0 Å². The zero-order valence-corrected chi connectivity index (χ0v) is 13.2. The minimum absolute atomic E-state index is 0.118. The van der Waals surface area contributed by atoms with Gasteiger partial charge in [0.1, 0.15) is 11.6 Å². The number of hydrogen-bond donors (Lipinski definition) is 2. The number of allylic oxidation sites excluding steroid dienone is 1. The van der Waals surface area contributed by atoms with Gasteiger partial charge in [0.05, 0.1) is 6.07 Å². The van der Waals surface area contributed by atoms with E-state index in [-0.39, 0.29) is 11.9 Å². The monoisotopic (exact) mass is 301 g/mol. The van der Waals surface area contributed by atoms with Gasteiger partial charge < -0.3 is 20.9 Å². The van der Waals surface area contributed by atoms with Crippen molar-refractivity contribution in [1.29, 1.82) is 5.26 Å². The van der Waals surface area contributed by atoms with Crippen LogP contribution in [-0.2, 0) is 4.79 Å². The molecule has 6 heteroatoms. The zero-order chi connectivity index (χ0) is 16.3. The average Bonchev–Trinajstić information content (AvgIpc) is 2.48. The first-order chi connectivity index (χ1) is 10.4. The largest absolute Gasteiger partial charge is 0.356 e. The van der Waals surface area contributed by atoms with Gasteiger partial charge in [-0.25, -0.2) is 0 Å². The van der Waals surface area contributed by atoms with Crippen molar-refractivity contribution in [3.05, 3.63) is 35.4 Å². The second-order valence-electron chi connectivity index (χ2n) is 5.89. The maximum atomic E-state index is 11.8. The summed E-state index contributed by atoms with van der Waals surface area (Å²) >= 11 is 0. The van der Waals surface area contributed by atoms with Gasteiger partial charge in [0.25, 0.3) is 5.91 Å². The Morgan fingerprint density at radius 1 is 1.59 bits per heavy atom. The van der Waals surface area contributed by atoms with Crippen LogP contribution in [0.1, 0.15) is 26.7 Å². The summed E-state index contributed by atoms with van der Waals surface area (Å²) in [6.45, 7) is 9.77. The van der Waals surface area contributed by atoms with E-state index in [9.17, 15) is 4.79 Å². The molecule has 1 atom stereocenters. The molecule has 22 heavy (non-hydrogen) atoms. The van der Waals surface area contributed by atoms with E-state index in [4.69, 9.17) is 11.0 Å².